The number of amides is 1. The fourth-order valence-corrected chi connectivity index (χ4v) is 4.83. The van der Waals surface area contributed by atoms with Crippen LogP contribution in [0.1, 0.15) is 29.4 Å². The van der Waals surface area contributed by atoms with E-state index in [4.69, 9.17) is 16.0 Å². The van der Waals surface area contributed by atoms with Crippen LogP contribution in [0.15, 0.2) is 71.3 Å². The second-order valence-electron chi connectivity index (χ2n) is 7.64. The molecule has 0 saturated heterocycles. The van der Waals surface area contributed by atoms with Gasteiger partial charge in [0.25, 0.3) is 5.91 Å². The number of furan rings is 1. The maximum absolute atomic E-state index is 13.1. The van der Waals surface area contributed by atoms with Crippen molar-refractivity contribution in [1.82, 2.24) is 9.78 Å². The van der Waals surface area contributed by atoms with E-state index in [0.29, 0.717) is 45.5 Å². The van der Waals surface area contributed by atoms with Crippen molar-refractivity contribution in [1.29, 1.82) is 0 Å². The van der Waals surface area contributed by atoms with Gasteiger partial charge in [-0.15, -0.1) is 0 Å². The second-order valence-corrected chi connectivity index (χ2v) is 9.92. The molecule has 34 heavy (non-hydrogen) atoms. The molecule has 0 aliphatic heterocycles. The Hall–Kier alpha value is -3.56. The number of carbonyl (C=O) groups excluding carboxylic acids is 1. The summed E-state index contributed by atoms with van der Waals surface area (Å²) in [6, 6.07) is 17.3. The molecule has 0 aliphatic rings. The average molecular weight is 499 g/mol. The lowest BCUT2D eigenvalue weighted by molar-refractivity contribution is 0.102. The van der Waals surface area contributed by atoms with Gasteiger partial charge in [0.15, 0.2) is 11.5 Å². The molecule has 2 N–H and O–H groups in total. The predicted octanol–water partition coefficient (Wildman–Crippen LogP) is 5.50. The monoisotopic (exact) mass is 498 g/mol. The number of halogens is 1. The van der Waals surface area contributed by atoms with Crippen LogP contribution in [0.5, 0.6) is 0 Å². The number of benzene rings is 2. The van der Waals surface area contributed by atoms with E-state index in [9.17, 15) is 13.2 Å². The lowest BCUT2D eigenvalue weighted by Crippen LogP contribution is -2.18. The highest BCUT2D eigenvalue weighted by Gasteiger charge is 2.20. The standard InChI is InChI=1S/C24H23ClN4O4S/c1-3-13-34(31,32)28-20-10-5-9-19(16(20)2)26-24(30)21-15-22(23-11-6-12-33-23)29(27-21)18-8-4-7-17(25)14-18/h4-12,14-15,28H,3,13H2,1-2H3,(H,26,30). The molecule has 10 heteroatoms. The Bertz CT molecular complexity index is 1430. The van der Waals surface area contributed by atoms with Crippen LogP contribution in [-0.4, -0.2) is 29.9 Å². The maximum Gasteiger partial charge on any atom is 0.276 e. The molecule has 1 amide bonds. The number of sulfonamides is 1. The maximum atomic E-state index is 13.1. The summed E-state index contributed by atoms with van der Waals surface area (Å²) in [7, 11) is -3.47. The van der Waals surface area contributed by atoms with E-state index in [1.165, 1.54) is 0 Å². The van der Waals surface area contributed by atoms with Crippen LogP contribution >= 0.6 is 11.6 Å². The molecule has 2 aromatic carbocycles. The molecular weight excluding hydrogens is 476 g/mol. The van der Waals surface area contributed by atoms with Crippen molar-refractivity contribution in [2.24, 2.45) is 0 Å². The van der Waals surface area contributed by atoms with Gasteiger partial charge in [-0.3, -0.25) is 9.52 Å². The van der Waals surface area contributed by atoms with Crippen molar-refractivity contribution in [3.8, 4) is 17.1 Å². The lowest BCUT2D eigenvalue weighted by Gasteiger charge is -2.14. The summed E-state index contributed by atoms with van der Waals surface area (Å²) in [5.74, 6) is 0.0970. The normalized spacial score (nSPS) is 11.4. The predicted molar refractivity (Wildman–Crippen MR) is 133 cm³/mol. The van der Waals surface area contributed by atoms with Crippen LogP contribution in [0.2, 0.25) is 5.02 Å². The fraction of sp³-hybridized carbons (Fsp3) is 0.167. The molecule has 0 fully saturated rings. The summed E-state index contributed by atoms with van der Waals surface area (Å²) >= 11 is 6.15. The molecule has 0 atom stereocenters. The molecule has 0 aliphatic carbocycles. The van der Waals surface area contributed by atoms with Crippen LogP contribution < -0.4 is 10.0 Å². The van der Waals surface area contributed by atoms with E-state index >= 15 is 0 Å². The molecule has 4 aromatic rings. The molecule has 2 aromatic heterocycles. The molecular formula is C24H23ClN4O4S. The largest absolute Gasteiger partial charge is 0.463 e. The summed E-state index contributed by atoms with van der Waals surface area (Å²) < 4.78 is 34.1. The van der Waals surface area contributed by atoms with E-state index in [1.54, 1.807) is 79.4 Å². The van der Waals surface area contributed by atoms with Gasteiger partial charge in [-0.25, -0.2) is 13.1 Å². The molecule has 0 saturated carbocycles. The first-order chi connectivity index (χ1) is 16.3. The Kier molecular flexibility index (Phi) is 6.76. The average Bonchev–Trinajstić information content (AvgIpc) is 3.46. The highest BCUT2D eigenvalue weighted by Crippen LogP contribution is 2.28. The number of nitrogens with one attached hydrogen (secondary N) is 2. The quantitative estimate of drug-likeness (QED) is 0.333. The topological polar surface area (TPSA) is 106 Å². The molecule has 8 nitrogen and oxygen atoms in total. The zero-order chi connectivity index (χ0) is 24.3. The van der Waals surface area contributed by atoms with Gasteiger partial charge < -0.3 is 9.73 Å². The molecule has 0 bridgehead atoms. The van der Waals surface area contributed by atoms with Crippen LogP contribution in [0.4, 0.5) is 11.4 Å². The Morgan fingerprint density at radius 2 is 1.85 bits per heavy atom. The third-order valence-electron chi connectivity index (χ3n) is 5.09. The van der Waals surface area contributed by atoms with Crippen molar-refractivity contribution in [2.75, 3.05) is 15.8 Å². The summed E-state index contributed by atoms with van der Waals surface area (Å²) in [4.78, 5) is 13.1. The lowest BCUT2D eigenvalue weighted by atomic mass is 10.1. The number of rotatable bonds is 8. The van der Waals surface area contributed by atoms with Gasteiger partial charge in [0.1, 0.15) is 5.69 Å². The van der Waals surface area contributed by atoms with E-state index in [1.807, 2.05) is 6.07 Å². The van der Waals surface area contributed by atoms with Crippen molar-refractivity contribution >= 4 is 38.9 Å². The number of nitrogens with zero attached hydrogens (tertiary/aromatic N) is 2. The smallest absolute Gasteiger partial charge is 0.276 e. The zero-order valence-electron chi connectivity index (χ0n) is 18.6. The summed E-state index contributed by atoms with van der Waals surface area (Å²) in [6.07, 6.45) is 2.04. The summed E-state index contributed by atoms with van der Waals surface area (Å²) in [5, 5.41) is 7.84. The van der Waals surface area contributed by atoms with Gasteiger partial charge in [-0.05, 0) is 61.4 Å². The number of carbonyl (C=O) groups is 1. The van der Waals surface area contributed by atoms with Gasteiger partial charge in [0, 0.05) is 16.8 Å². The molecule has 0 unspecified atom stereocenters. The van der Waals surface area contributed by atoms with Gasteiger partial charge in [0.05, 0.1) is 23.4 Å². The number of anilines is 2. The summed E-state index contributed by atoms with van der Waals surface area (Å²) in [5.41, 5.74) is 2.88. The van der Waals surface area contributed by atoms with Gasteiger partial charge in [-0.2, -0.15) is 5.10 Å². The summed E-state index contributed by atoms with van der Waals surface area (Å²) in [6.45, 7) is 3.53. The molecule has 0 spiro atoms. The van der Waals surface area contributed by atoms with Crippen molar-refractivity contribution in [2.45, 2.75) is 20.3 Å². The Morgan fingerprint density at radius 3 is 2.56 bits per heavy atom. The van der Waals surface area contributed by atoms with E-state index < -0.39 is 15.9 Å². The zero-order valence-corrected chi connectivity index (χ0v) is 20.2. The van der Waals surface area contributed by atoms with Crippen LogP contribution in [0.3, 0.4) is 0 Å². The minimum absolute atomic E-state index is 0.0134. The van der Waals surface area contributed by atoms with Crippen LogP contribution in [-0.2, 0) is 10.0 Å². The van der Waals surface area contributed by atoms with E-state index in [0.717, 1.165) is 0 Å². The minimum Gasteiger partial charge on any atom is -0.463 e. The van der Waals surface area contributed by atoms with Crippen molar-refractivity contribution < 1.29 is 17.6 Å². The second kappa shape index (κ2) is 9.74. The Balaban J connectivity index is 1.66. The highest BCUT2D eigenvalue weighted by atomic mass is 35.5. The molecule has 2 heterocycles. The number of hydrogen-bond donors (Lipinski definition) is 2. The van der Waals surface area contributed by atoms with E-state index in [-0.39, 0.29) is 11.4 Å². The van der Waals surface area contributed by atoms with Gasteiger partial charge >= 0.3 is 0 Å². The highest BCUT2D eigenvalue weighted by molar-refractivity contribution is 7.92. The van der Waals surface area contributed by atoms with Crippen LogP contribution in [0.25, 0.3) is 17.1 Å². The number of aromatic nitrogens is 2. The third-order valence-corrected chi connectivity index (χ3v) is 6.80. The fourth-order valence-electron chi connectivity index (χ4n) is 3.45. The third kappa shape index (κ3) is 5.16. The van der Waals surface area contributed by atoms with Crippen molar-refractivity contribution in [3.63, 3.8) is 0 Å². The minimum atomic E-state index is -3.47. The first-order valence-corrected chi connectivity index (χ1v) is 12.6. The van der Waals surface area contributed by atoms with Crippen LogP contribution in [0, 0.1) is 6.92 Å². The van der Waals surface area contributed by atoms with E-state index in [2.05, 4.69) is 15.1 Å². The Morgan fingerprint density at radius 1 is 1.09 bits per heavy atom. The van der Waals surface area contributed by atoms with Crippen molar-refractivity contribution in [3.05, 3.63) is 83.2 Å². The van der Waals surface area contributed by atoms with Gasteiger partial charge in [0.2, 0.25) is 10.0 Å². The van der Waals surface area contributed by atoms with Gasteiger partial charge in [-0.1, -0.05) is 30.7 Å². The SMILES string of the molecule is CCCS(=O)(=O)Nc1cccc(NC(=O)c2cc(-c3ccco3)n(-c3cccc(Cl)c3)n2)c1C. The first-order valence-electron chi connectivity index (χ1n) is 10.6. The number of hydrogen-bond acceptors (Lipinski definition) is 5. The molecule has 0 radical (unpaired) electrons. The molecule has 4 rings (SSSR count). The molecule has 176 valence electrons. The Labute approximate surface area is 202 Å². The first kappa shape index (κ1) is 23.6.